The SMILES string of the molecule is Cc1c(C)n(C)c2ccc(-c3cc(CCC(=O)O)ccc3OCC3CCCC3)cc12. The van der Waals surface area contributed by atoms with Crippen molar-refractivity contribution >= 4 is 16.9 Å². The molecule has 1 heterocycles. The molecule has 0 spiro atoms. The molecule has 0 unspecified atom stereocenters. The summed E-state index contributed by atoms with van der Waals surface area (Å²) >= 11 is 0. The lowest BCUT2D eigenvalue weighted by atomic mass is 9.98. The fourth-order valence-electron chi connectivity index (χ4n) is 4.64. The van der Waals surface area contributed by atoms with Crippen LogP contribution in [0.25, 0.3) is 22.0 Å². The van der Waals surface area contributed by atoms with Crippen molar-refractivity contribution in [1.29, 1.82) is 0 Å². The van der Waals surface area contributed by atoms with E-state index in [9.17, 15) is 4.79 Å². The summed E-state index contributed by atoms with van der Waals surface area (Å²) < 4.78 is 8.54. The first-order valence-electron chi connectivity index (χ1n) is 11.0. The second kappa shape index (κ2) is 8.55. The molecule has 3 aromatic rings. The summed E-state index contributed by atoms with van der Waals surface area (Å²) in [5.41, 5.74) is 7.00. The van der Waals surface area contributed by atoms with E-state index in [-0.39, 0.29) is 6.42 Å². The van der Waals surface area contributed by atoms with Gasteiger partial charge in [-0.15, -0.1) is 0 Å². The molecule has 30 heavy (non-hydrogen) atoms. The Labute approximate surface area is 178 Å². The van der Waals surface area contributed by atoms with Crippen LogP contribution in [0.4, 0.5) is 0 Å². The van der Waals surface area contributed by atoms with E-state index >= 15 is 0 Å². The molecule has 4 rings (SSSR count). The van der Waals surface area contributed by atoms with Gasteiger partial charge in [-0.25, -0.2) is 0 Å². The molecule has 1 aromatic heterocycles. The molecule has 0 saturated heterocycles. The van der Waals surface area contributed by atoms with Crippen LogP contribution in [0, 0.1) is 19.8 Å². The number of nitrogens with zero attached hydrogens (tertiary/aromatic N) is 1. The Balaban J connectivity index is 1.72. The number of rotatable bonds is 7. The number of carboxylic acids is 1. The zero-order valence-electron chi connectivity index (χ0n) is 18.2. The average molecular weight is 406 g/mol. The zero-order valence-corrected chi connectivity index (χ0v) is 18.2. The third kappa shape index (κ3) is 4.09. The molecule has 2 aromatic carbocycles. The number of benzene rings is 2. The third-order valence-corrected chi connectivity index (χ3v) is 6.74. The Kier molecular flexibility index (Phi) is 5.85. The van der Waals surface area contributed by atoms with Gasteiger partial charge in [-0.2, -0.15) is 0 Å². The molecule has 4 heteroatoms. The van der Waals surface area contributed by atoms with Crippen molar-refractivity contribution in [1.82, 2.24) is 4.57 Å². The first-order chi connectivity index (χ1) is 14.4. The molecular formula is C26H31NO3. The standard InChI is InChI=1S/C26H31NO3/c1-17-18(2)27(3)24-11-10-21(15-22(17)24)23-14-19(9-13-26(28)29)8-12-25(23)30-16-20-6-4-5-7-20/h8,10-12,14-15,20H,4-7,9,13,16H2,1-3H3,(H,28,29). The van der Waals surface area contributed by atoms with Crippen LogP contribution in [-0.2, 0) is 18.3 Å². The fraction of sp³-hybridized carbons (Fsp3) is 0.423. The predicted octanol–water partition coefficient (Wildman–Crippen LogP) is 6.05. The highest BCUT2D eigenvalue weighted by atomic mass is 16.5. The van der Waals surface area contributed by atoms with Crippen molar-refractivity contribution in [2.45, 2.75) is 52.4 Å². The van der Waals surface area contributed by atoms with Crippen LogP contribution < -0.4 is 4.74 Å². The topological polar surface area (TPSA) is 51.5 Å². The van der Waals surface area contributed by atoms with Gasteiger partial charge in [0.2, 0.25) is 0 Å². The van der Waals surface area contributed by atoms with Crippen molar-refractivity contribution in [3.63, 3.8) is 0 Å². The minimum Gasteiger partial charge on any atom is -0.493 e. The highest BCUT2D eigenvalue weighted by Gasteiger charge is 2.18. The number of hydrogen-bond donors (Lipinski definition) is 1. The van der Waals surface area contributed by atoms with Crippen molar-refractivity contribution in [3.8, 4) is 16.9 Å². The largest absolute Gasteiger partial charge is 0.493 e. The molecule has 0 bridgehead atoms. The number of aromatic nitrogens is 1. The van der Waals surface area contributed by atoms with E-state index in [0.717, 1.165) is 29.0 Å². The Hall–Kier alpha value is -2.75. The molecule has 0 aliphatic heterocycles. The van der Waals surface area contributed by atoms with Crippen molar-refractivity contribution in [3.05, 3.63) is 53.2 Å². The average Bonchev–Trinajstić information content (AvgIpc) is 3.34. The van der Waals surface area contributed by atoms with Crippen molar-refractivity contribution < 1.29 is 14.6 Å². The van der Waals surface area contributed by atoms with Gasteiger partial charge in [-0.1, -0.05) is 25.0 Å². The predicted molar refractivity (Wildman–Crippen MR) is 121 cm³/mol. The Morgan fingerprint density at radius 1 is 1.13 bits per heavy atom. The summed E-state index contributed by atoms with van der Waals surface area (Å²) in [7, 11) is 2.10. The first-order valence-corrected chi connectivity index (χ1v) is 11.0. The van der Waals surface area contributed by atoms with Crippen molar-refractivity contribution in [2.75, 3.05) is 6.61 Å². The number of carbonyl (C=O) groups is 1. The Morgan fingerprint density at radius 3 is 2.63 bits per heavy atom. The second-order valence-electron chi connectivity index (χ2n) is 8.69. The molecule has 158 valence electrons. The lowest BCUT2D eigenvalue weighted by Gasteiger charge is -2.16. The molecule has 1 saturated carbocycles. The van der Waals surface area contributed by atoms with Crippen LogP contribution in [0.2, 0.25) is 0 Å². The van der Waals surface area contributed by atoms with Gasteiger partial charge in [0.1, 0.15) is 5.75 Å². The molecule has 1 aliphatic rings. The highest BCUT2D eigenvalue weighted by molar-refractivity contribution is 5.90. The Morgan fingerprint density at radius 2 is 1.90 bits per heavy atom. The van der Waals surface area contributed by atoms with Gasteiger partial charge in [-0.05, 0) is 80.0 Å². The molecule has 1 aliphatic carbocycles. The summed E-state index contributed by atoms with van der Waals surface area (Å²) in [5, 5.41) is 10.3. The van der Waals surface area contributed by atoms with Crippen LogP contribution in [0.1, 0.15) is 48.9 Å². The quantitative estimate of drug-likeness (QED) is 0.521. The number of ether oxygens (including phenoxy) is 1. The van der Waals surface area contributed by atoms with E-state index in [1.165, 1.54) is 47.8 Å². The maximum Gasteiger partial charge on any atom is 0.303 e. The van der Waals surface area contributed by atoms with Crippen LogP contribution in [0.3, 0.4) is 0 Å². The minimum absolute atomic E-state index is 0.137. The molecule has 1 fully saturated rings. The van der Waals surface area contributed by atoms with E-state index in [1.807, 2.05) is 12.1 Å². The van der Waals surface area contributed by atoms with Gasteiger partial charge < -0.3 is 14.4 Å². The van der Waals surface area contributed by atoms with Gasteiger partial charge in [0.15, 0.2) is 0 Å². The molecule has 0 atom stereocenters. The normalized spacial score (nSPS) is 14.5. The van der Waals surface area contributed by atoms with E-state index in [4.69, 9.17) is 9.84 Å². The summed E-state index contributed by atoms with van der Waals surface area (Å²) in [5.74, 6) is 0.770. The van der Waals surface area contributed by atoms with E-state index < -0.39 is 5.97 Å². The first kappa shape index (κ1) is 20.5. The van der Waals surface area contributed by atoms with E-state index in [2.05, 4.69) is 49.7 Å². The minimum atomic E-state index is -0.769. The third-order valence-electron chi connectivity index (χ3n) is 6.74. The molecule has 0 radical (unpaired) electrons. The second-order valence-corrected chi connectivity index (χ2v) is 8.69. The van der Waals surface area contributed by atoms with Crippen LogP contribution in [0.5, 0.6) is 5.75 Å². The molecule has 1 N–H and O–H groups in total. The number of carboxylic acid groups (broad SMARTS) is 1. The highest BCUT2D eigenvalue weighted by Crippen LogP contribution is 2.36. The van der Waals surface area contributed by atoms with E-state index in [0.29, 0.717) is 12.3 Å². The van der Waals surface area contributed by atoms with Gasteiger partial charge in [0.25, 0.3) is 0 Å². The lowest BCUT2D eigenvalue weighted by molar-refractivity contribution is -0.136. The smallest absolute Gasteiger partial charge is 0.303 e. The Bertz CT molecular complexity index is 1070. The molecule has 4 nitrogen and oxygen atoms in total. The summed E-state index contributed by atoms with van der Waals surface area (Å²) in [6, 6.07) is 12.7. The van der Waals surface area contributed by atoms with Gasteiger partial charge in [0, 0.05) is 35.6 Å². The van der Waals surface area contributed by atoms with Crippen LogP contribution in [0.15, 0.2) is 36.4 Å². The van der Waals surface area contributed by atoms with Crippen LogP contribution >= 0.6 is 0 Å². The maximum absolute atomic E-state index is 11.0. The van der Waals surface area contributed by atoms with Gasteiger partial charge in [-0.3, -0.25) is 4.79 Å². The monoisotopic (exact) mass is 405 g/mol. The molecular weight excluding hydrogens is 374 g/mol. The van der Waals surface area contributed by atoms with Crippen molar-refractivity contribution in [2.24, 2.45) is 13.0 Å². The zero-order chi connectivity index (χ0) is 21.3. The van der Waals surface area contributed by atoms with Crippen LogP contribution in [-0.4, -0.2) is 22.2 Å². The lowest BCUT2D eigenvalue weighted by Crippen LogP contribution is -2.09. The summed E-state index contributed by atoms with van der Waals surface area (Å²) in [4.78, 5) is 11.0. The number of fused-ring (bicyclic) bond motifs is 1. The van der Waals surface area contributed by atoms with Gasteiger partial charge in [0.05, 0.1) is 6.61 Å². The van der Waals surface area contributed by atoms with Gasteiger partial charge >= 0.3 is 5.97 Å². The number of hydrogen-bond acceptors (Lipinski definition) is 2. The molecule has 0 amide bonds. The number of aryl methyl sites for hydroxylation is 3. The maximum atomic E-state index is 11.0. The number of aliphatic carboxylic acids is 1. The fourth-order valence-corrected chi connectivity index (χ4v) is 4.64. The summed E-state index contributed by atoms with van der Waals surface area (Å²) in [6.07, 6.45) is 5.77. The van der Waals surface area contributed by atoms with E-state index in [1.54, 1.807) is 0 Å². The summed E-state index contributed by atoms with van der Waals surface area (Å²) in [6.45, 7) is 5.08.